The number of hydrogen-bond donors (Lipinski definition) is 0. The van der Waals surface area contributed by atoms with Crippen molar-refractivity contribution in [2.75, 3.05) is 14.2 Å². The van der Waals surface area contributed by atoms with E-state index in [1.165, 1.54) is 17.4 Å². The van der Waals surface area contributed by atoms with Crippen molar-refractivity contribution in [3.05, 3.63) is 59.6 Å². The van der Waals surface area contributed by atoms with E-state index in [2.05, 4.69) is 10.1 Å². The topological polar surface area (TPSA) is 90.8 Å². The third-order valence-electron chi connectivity index (χ3n) is 4.23. The van der Waals surface area contributed by atoms with Crippen molar-refractivity contribution in [2.24, 2.45) is 0 Å². The summed E-state index contributed by atoms with van der Waals surface area (Å²) in [6, 6.07) is 7.06. The van der Waals surface area contributed by atoms with E-state index in [0.717, 1.165) is 5.56 Å². The number of benzene rings is 1. The van der Waals surface area contributed by atoms with Crippen LogP contribution < -0.4 is 9.47 Å². The van der Waals surface area contributed by atoms with Gasteiger partial charge in [0.2, 0.25) is 5.89 Å². The largest absolute Gasteiger partial charge is 0.493 e. The van der Waals surface area contributed by atoms with Gasteiger partial charge in [0.25, 0.3) is 5.91 Å². The monoisotopic (exact) mass is 371 g/mol. The Morgan fingerprint density at radius 2 is 2.11 bits per heavy atom. The maximum atomic E-state index is 12.6. The summed E-state index contributed by atoms with van der Waals surface area (Å²) in [4.78, 5) is 18.3. The second kappa shape index (κ2) is 7.94. The highest BCUT2D eigenvalue weighted by Crippen LogP contribution is 2.28. The fourth-order valence-electron chi connectivity index (χ4n) is 2.50. The number of nitrogens with zero attached hydrogens (tertiary/aromatic N) is 3. The van der Waals surface area contributed by atoms with Gasteiger partial charge < -0.3 is 23.3 Å². The zero-order valence-electron chi connectivity index (χ0n) is 15.6. The van der Waals surface area contributed by atoms with Gasteiger partial charge >= 0.3 is 0 Å². The van der Waals surface area contributed by atoms with Crippen LogP contribution in [0.3, 0.4) is 0 Å². The minimum atomic E-state index is -0.284. The smallest absolute Gasteiger partial charge is 0.276 e. The highest BCUT2D eigenvalue weighted by atomic mass is 16.5. The molecule has 27 heavy (non-hydrogen) atoms. The van der Waals surface area contributed by atoms with Gasteiger partial charge in [0.15, 0.2) is 23.8 Å². The van der Waals surface area contributed by atoms with Crippen LogP contribution in [-0.4, -0.2) is 35.1 Å². The van der Waals surface area contributed by atoms with Gasteiger partial charge in [-0.25, -0.2) is 4.98 Å². The Kier molecular flexibility index (Phi) is 5.44. The molecule has 3 rings (SSSR count). The average molecular weight is 371 g/mol. The highest BCUT2D eigenvalue weighted by molar-refractivity contribution is 5.92. The van der Waals surface area contributed by atoms with E-state index in [4.69, 9.17) is 18.4 Å². The summed E-state index contributed by atoms with van der Waals surface area (Å²) in [5.74, 6) is 1.21. The highest BCUT2D eigenvalue weighted by Gasteiger charge is 2.23. The molecule has 8 nitrogen and oxygen atoms in total. The van der Waals surface area contributed by atoms with Crippen LogP contribution in [0.5, 0.6) is 11.5 Å². The summed E-state index contributed by atoms with van der Waals surface area (Å²) in [7, 11) is 3.25. The molecule has 0 spiro atoms. The van der Waals surface area contributed by atoms with Crippen LogP contribution in [0.2, 0.25) is 0 Å². The molecule has 0 N–H and O–H groups in total. The van der Waals surface area contributed by atoms with Crippen molar-refractivity contribution in [3.63, 3.8) is 0 Å². The van der Waals surface area contributed by atoms with E-state index >= 15 is 0 Å². The Morgan fingerprint density at radius 3 is 2.81 bits per heavy atom. The average Bonchev–Trinajstić information content (AvgIpc) is 3.37. The molecule has 0 aliphatic heterocycles. The van der Waals surface area contributed by atoms with E-state index in [0.29, 0.717) is 23.1 Å². The van der Waals surface area contributed by atoms with Crippen LogP contribution in [0.4, 0.5) is 0 Å². The third-order valence-corrected chi connectivity index (χ3v) is 4.23. The van der Waals surface area contributed by atoms with Crippen molar-refractivity contribution in [1.29, 1.82) is 0 Å². The summed E-state index contributed by atoms with van der Waals surface area (Å²) in [6.07, 6.45) is 2.79. The van der Waals surface area contributed by atoms with E-state index in [1.54, 1.807) is 20.2 Å². The molecule has 1 amide bonds. The Balaban J connectivity index is 1.65. The van der Waals surface area contributed by atoms with Crippen molar-refractivity contribution in [2.45, 2.75) is 26.5 Å². The molecule has 142 valence electrons. The maximum absolute atomic E-state index is 12.6. The molecule has 2 aromatic heterocycles. The summed E-state index contributed by atoms with van der Waals surface area (Å²) in [5, 5.41) is 3.86. The maximum Gasteiger partial charge on any atom is 0.276 e. The Bertz CT molecular complexity index is 904. The molecule has 0 saturated carbocycles. The van der Waals surface area contributed by atoms with Crippen molar-refractivity contribution in [1.82, 2.24) is 15.0 Å². The number of carbonyl (C=O) groups excluding carboxylic acids is 1. The number of aromatic nitrogens is 2. The van der Waals surface area contributed by atoms with E-state index in [-0.39, 0.29) is 24.2 Å². The lowest BCUT2D eigenvalue weighted by molar-refractivity contribution is 0.0731. The lowest BCUT2D eigenvalue weighted by Gasteiger charge is -2.21. The van der Waals surface area contributed by atoms with Gasteiger partial charge in [-0.3, -0.25) is 4.79 Å². The van der Waals surface area contributed by atoms with Crippen molar-refractivity contribution >= 4 is 5.91 Å². The summed E-state index contributed by atoms with van der Waals surface area (Å²) in [5.41, 5.74) is 1.92. The van der Waals surface area contributed by atoms with Gasteiger partial charge in [-0.15, -0.1) is 0 Å². The number of hydrogen-bond acceptors (Lipinski definition) is 7. The first-order chi connectivity index (χ1) is 13.0. The molecule has 0 fully saturated rings. The van der Waals surface area contributed by atoms with Gasteiger partial charge in [0, 0.05) is 13.1 Å². The van der Waals surface area contributed by atoms with Crippen LogP contribution >= 0.6 is 0 Å². The summed E-state index contributed by atoms with van der Waals surface area (Å²) >= 11 is 0. The second-order valence-electron chi connectivity index (χ2n) is 6.09. The molecule has 0 bridgehead atoms. The number of methoxy groups -OCH3 is 1. The minimum absolute atomic E-state index is 0.0786. The second-order valence-corrected chi connectivity index (χ2v) is 6.09. The number of ether oxygens (including phenoxy) is 2. The molecule has 1 aromatic carbocycles. The predicted octanol–water partition coefficient (Wildman–Crippen LogP) is 3.39. The zero-order valence-corrected chi connectivity index (χ0v) is 15.6. The van der Waals surface area contributed by atoms with Gasteiger partial charge in [0.05, 0.1) is 13.2 Å². The summed E-state index contributed by atoms with van der Waals surface area (Å²) < 4.78 is 21.2. The Morgan fingerprint density at radius 1 is 1.30 bits per heavy atom. The Labute approximate surface area is 156 Å². The molecule has 2 heterocycles. The third kappa shape index (κ3) is 4.11. The first-order valence-electron chi connectivity index (χ1n) is 8.39. The molecule has 0 saturated heterocycles. The normalized spacial score (nSPS) is 11.9. The molecule has 1 unspecified atom stereocenters. The number of amides is 1. The SMILES string of the molecule is COc1cc(C)ccc1OCc1nc(C(=O)N(C)C(C)c2ccon2)co1. The fraction of sp³-hybridized carbons (Fsp3) is 0.316. The molecular formula is C19H21N3O5. The molecule has 1 atom stereocenters. The van der Waals surface area contributed by atoms with Gasteiger partial charge in [-0.1, -0.05) is 11.2 Å². The minimum Gasteiger partial charge on any atom is -0.493 e. The number of rotatable bonds is 7. The van der Waals surface area contributed by atoms with E-state index in [9.17, 15) is 4.79 Å². The molecule has 0 aliphatic rings. The first-order valence-corrected chi connectivity index (χ1v) is 8.39. The predicted molar refractivity (Wildman–Crippen MR) is 95.6 cm³/mol. The van der Waals surface area contributed by atoms with Crippen LogP contribution in [0.1, 0.15) is 40.6 Å². The molecule has 3 aromatic rings. The standard InChI is InChI=1S/C19H21N3O5/c1-12-5-6-16(17(9-12)24-4)25-11-18-20-15(10-26-18)19(23)22(3)13(2)14-7-8-27-21-14/h5-10,13H,11H2,1-4H3. The molecular weight excluding hydrogens is 350 g/mol. The zero-order chi connectivity index (χ0) is 19.4. The Hall–Kier alpha value is -3.29. The van der Waals surface area contributed by atoms with Gasteiger partial charge in [0.1, 0.15) is 18.2 Å². The van der Waals surface area contributed by atoms with E-state index < -0.39 is 0 Å². The fourth-order valence-corrected chi connectivity index (χ4v) is 2.50. The lowest BCUT2D eigenvalue weighted by atomic mass is 10.2. The van der Waals surface area contributed by atoms with Crippen LogP contribution in [-0.2, 0) is 6.61 Å². The number of aryl methyl sites for hydroxylation is 1. The van der Waals surface area contributed by atoms with E-state index in [1.807, 2.05) is 32.0 Å². The quantitative estimate of drug-likeness (QED) is 0.629. The van der Waals surface area contributed by atoms with Crippen molar-refractivity contribution in [3.8, 4) is 11.5 Å². The van der Waals surface area contributed by atoms with Gasteiger partial charge in [-0.05, 0) is 31.5 Å². The molecule has 8 heteroatoms. The van der Waals surface area contributed by atoms with Crippen LogP contribution in [0.15, 0.2) is 45.7 Å². The lowest BCUT2D eigenvalue weighted by Crippen LogP contribution is -2.30. The molecule has 0 radical (unpaired) electrons. The van der Waals surface area contributed by atoms with Crippen LogP contribution in [0.25, 0.3) is 0 Å². The van der Waals surface area contributed by atoms with Crippen molar-refractivity contribution < 1.29 is 23.2 Å². The summed E-state index contributed by atoms with van der Waals surface area (Å²) in [6.45, 7) is 3.90. The van der Waals surface area contributed by atoms with Crippen LogP contribution in [0, 0.1) is 6.92 Å². The number of carbonyl (C=O) groups is 1. The first kappa shape index (κ1) is 18.5. The number of oxazole rings is 1. The van der Waals surface area contributed by atoms with Gasteiger partial charge in [-0.2, -0.15) is 0 Å². The molecule has 0 aliphatic carbocycles.